The number of rotatable bonds is 9. The minimum absolute atomic E-state index is 0.0174. The molecule has 0 aliphatic carbocycles. The molecule has 7 heteroatoms. The second-order valence-electron chi connectivity index (χ2n) is 8.22. The molecule has 1 saturated heterocycles. The predicted molar refractivity (Wildman–Crippen MR) is 129 cm³/mol. The van der Waals surface area contributed by atoms with Gasteiger partial charge in [0.15, 0.2) is 11.0 Å². The molecule has 4 rings (SSSR count). The van der Waals surface area contributed by atoms with Crippen LogP contribution in [0, 0.1) is 6.92 Å². The number of nitrogens with one attached hydrogen (secondary N) is 1. The van der Waals surface area contributed by atoms with Gasteiger partial charge in [0, 0.05) is 12.2 Å². The number of benzene rings is 2. The van der Waals surface area contributed by atoms with Gasteiger partial charge in [0.1, 0.15) is 0 Å². The smallest absolute Gasteiger partial charge is 0.230 e. The first-order chi connectivity index (χ1) is 15.7. The first-order valence-electron chi connectivity index (χ1n) is 11.4. The van der Waals surface area contributed by atoms with E-state index in [1.165, 1.54) is 42.2 Å². The van der Waals surface area contributed by atoms with Crippen molar-refractivity contribution in [1.82, 2.24) is 25.0 Å². The number of para-hydroxylation sites is 1. The van der Waals surface area contributed by atoms with E-state index in [0.717, 1.165) is 42.7 Å². The molecular formula is C25H31N5OS. The van der Waals surface area contributed by atoms with Crippen molar-refractivity contribution in [2.45, 2.75) is 44.3 Å². The Morgan fingerprint density at radius 3 is 2.53 bits per heavy atom. The Bertz CT molecular complexity index is 1010. The van der Waals surface area contributed by atoms with Gasteiger partial charge in [-0.15, -0.1) is 10.2 Å². The van der Waals surface area contributed by atoms with Crippen LogP contribution in [0.5, 0.6) is 0 Å². The van der Waals surface area contributed by atoms with E-state index in [9.17, 15) is 4.79 Å². The average Bonchev–Trinajstić information content (AvgIpc) is 3.22. The molecule has 1 aliphatic heterocycles. The molecule has 2 heterocycles. The zero-order chi connectivity index (χ0) is 22.2. The molecule has 168 valence electrons. The van der Waals surface area contributed by atoms with Crippen LogP contribution in [0.1, 0.15) is 36.2 Å². The molecule has 6 nitrogen and oxygen atoms in total. The minimum Gasteiger partial charge on any atom is -0.355 e. The van der Waals surface area contributed by atoms with Crippen molar-refractivity contribution in [2.24, 2.45) is 0 Å². The van der Waals surface area contributed by atoms with E-state index in [1.54, 1.807) is 0 Å². The van der Waals surface area contributed by atoms with Crippen LogP contribution in [0.25, 0.3) is 5.69 Å². The SMILES string of the molecule is Cc1ccccc1CCNC(=O)CSc1nnc(CN2CCCCC2)n1-c1ccccc1. The first kappa shape index (κ1) is 22.6. The number of amides is 1. The summed E-state index contributed by atoms with van der Waals surface area (Å²) >= 11 is 1.44. The summed E-state index contributed by atoms with van der Waals surface area (Å²) in [4.78, 5) is 14.9. The van der Waals surface area contributed by atoms with E-state index < -0.39 is 0 Å². The number of nitrogens with zero attached hydrogens (tertiary/aromatic N) is 4. The third kappa shape index (κ3) is 5.99. The quantitative estimate of drug-likeness (QED) is 0.500. The summed E-state index contributed by atoms with van der Waals surface area (Å²) in [7, 11) is 0. The highest BCUT2D eigenvalue weighted by molar-refractivity contribution is 7.99. The lowest BCUT2D eigenvalue weighted by atomic mass is 10.1. The molecule has 0 radical (unpaired) electrons. The highest BCUT2D eigenvalue weighted by Gasteiger charge is 2.19. The van der Waals surface area contributed by atoms with Gasteiger partial charge in [-0.1, -0.05) is 60.6 Å². The van der Waals surface area contributed by atoms with Crippen LogP contribution < -0.4 is 5.32 Å². The van der Waals surface area contributed by atoms with E-state index >= 15 is 0 Å². The lowest BCUT2D eigenvalue weighted by molar-refractivity contribution is -0.118. The molecule has 0 unspecified atom stereocenters. The number of aryl methyl sites for hydroxylation is 1. The van der Waals surface area contributed by atoms with Gasteiger partial charge in [-0.05, 0) is 62.5 Å². The van der Waals surface area contributed by atoms with Crippen molar-refractivity contribution < 1.29 is 4.79 Å². The molecule has 0 spiro atoms. The zero-order valence-electron chi connectivity index (χ0n) is 18.7. The molecule has 1 fully saturated rings. The van der Waals surface area contributed by atoms with Crippen molar-refractivity contribution in [2.75, 3.05) is 25.4 Å². The van der Waals surface area contributed by atoms with E-state index in [-0.39, 0.29) is 5.91 Å². The second kappa shape index (κ2) is 11.3. The van der Waals surface area contributed by atoms with Gasteiger partial charge < -0.3 is 5.32 Å². The topological polar surface area (TPSA) is 63.1 Å². The number of hydrogen-bond donors (Lipinski definition) is 1. The Balaban J connectivity index is 1.38. The number of carbonyl (C=O) groups excluding carboxylic acids is 1. The van der Waals surface area contributed by atoms with Crippen LogP contribution in [0.2, 0.25) is 0 Å². The lowest BCUT2D eigenvalue weighted by Crippen LogP contribution is -2.30. The molecule has 32 heavy (non-hydrogen) atoms. The van der Waals surface area contributed by atoms with Crippen LogP contribution in [-0.4, -0.2) is 51.0 Å². The molecule has 3 aromatic rings. The van der Waals surface area contributed by atoms with Crippen LogP contribution >= 0.6 is 11.8 Å². The van der Waals surface area contributed by atoms with Gasteiger partial charge in [-0.3, -0.25) is 14.3 Å². The maximum atomic E-state index is 12.5. The monoisotopic (exact) mass is 449 g/mol. The maximum Gasteiger partial charge on any atom is 0.230 e. The van der Waals surface area contributed by atoms with Crippen LogP contribution in [-0.2, 0) is 17.8 Å². The molecular weight excluding hydrogens is 418 g/mol. The Labute approximate surface area is 194 Å². The Kier molecular flexibility index (Phi) is 7.96. The number of hydrogen-bond acceptors (Lipinski definition) is 5. The van der Waals surface area contributed by atoms with Crippen molar-refractivity contribution in [3.8, 4) is 5.69 Å². The normalized spacial score (nSPS) is 14.4. The van der Waals surface area contributed by atoms with Gasteiger partial charge in [0.05, 0.1) is 12.3 Å². The minimum atomic E-state index is 0.0174. The van der Waals surface area contributed by atoms with E-state index in [4.69, 9.17) is 0 Å². The summed E-state index contributed by atoms with van der Waals surface area (Å²) in [5.74, 6) is 1.27. The summed E-state index contributed by atoms with van der Waals surface area (Å²) in [5, 5.41) is 12.7. The molecule has 1 aliphatic rings. The van der Waals surface area contributed by atoms with Gasteiger partial charge >= 0.3 is 0 Å². The van der Waals surface area contributed by atoms with Gasteiger partial charge in [0.2, 0.25) is 5.91 Å². The van der Waals surface area contributed by atoms with Crippen molar-refractivity contribution in [3.05, 3.63) is 71.5 Å². The standard InChI is InChI=1S/C25H31N5OS/c1-20-10-6-7-11-21(20)14-15-26-24(31)19-32-25-28-27-23(18-29-16-8-3-9-17-29)30(25)22-12-4-2-5-13-22/h2,4-7,10-13H,3,8-9,14-19H2,1H3,(H,26,31). The zero-order valence-corrected chi connectivity index (χ0v) is 19.5. The Morgan fingerprint density at radius 1 is 1.00 bits per heavy atom. The summed E-state index contributed by atoms with van der Waals surface area (Å²) in [5.41, 5.74) is 3.56. The van der Waals surface area contributed by atoms with Crippen LogP contribution in [0.3, 0.4) is 0 Å². The molecule has 0 atom stereocenters. The molecule has 1 aromatic heterocycles. The fourth-order valence-electron chi connectivity index (χ4n) is 4.06. The summed E-state index contributed by atoms with van der Waals surface area (Å²) in [6, 6.07) is 18.5. The molecule has 0 saturated carbocycles. The second-order valence-corrected chi connectivity index (χ2v) is 9.16. The number of thioether (sulfide) groups is 1. The summed E-state index contributed by atoms with van der Waals surface area (Å²) in [6.45, 7) is 5.73. The number of carbonyl (C=O) groups is 1. The van der Waals surface area contributed by atoms with Crippen LogP contribution in [0.4, 0.5) is 0 Å². The highest BCUT2D eigenvalue weighted by atomic mass is 32.2. The fourth-order valence-corrected chi connectivity index (χ4v) is 4.86. The maximum absolute atomic E-state index is 12.5. The predicted octanol–water partition coefficient (Wildman–Crippen LogP) is 4.01. The number of piperidine rings is 1. The summed E-state index contributed by atoms with van der Waals surface area (Å²) in [6.07, 6.45) is 4.62. The molecule has 0 bridgehead atoms. The molecule has 1 N–H and O–H groups in total. The Morgan fingerprint density at radius 2 is 1.75 bits per heavy atom. The van der Waals surface area contributed by atoms with Crippen LogP contribution in [0.15, 0.2) is 59.8 Å². The van der Waals surface area contributed by atoms with E-state index in [1.807, 2.05) is 30.3 Å². The van der Waals surface area contributed by atoms with Crippen molar-refractivity contribution in [1.29, 1.82) is 0 Å². The fraction of sp³-hybridized carbons (Fsp3) is 0.400. The van der Waals surface area contributed by atoms with Gasteiger partial charge in [-0.2, -0.15) is 0 Å². The van der Waals surface area contributed by atoms with Gasteiger partial charge in [-0.25, -0.2) is 0 Å². The van der Waals surface area contributed by atoms with Crippen molar-refractivity contribution in [3.63, 3.8) is 0 Å². The largest absolute Gasteiger partial charge is 0.355 e. The third-order valence-corrected chi connectivity index (χ3v) is 6.77. The van der Waals surface area contributed by atoms with E-state index in [2.05, 4.69) is 56.2 Å². The average molecular weight is 450 g/mol. The Hall–Kier alpha value is -2.64. The van der Waals surface area contributed by atoms with E-state index in [0.29, 0.717) is 12.3 Å². The van der Waals surface area contributed by atoms with Crippen molar-refractivity contribution >= 4 is 17.7 Å². The molecule has 1 amide bonds. The number of likely N-dealkylation sites (tertiary alicyclic amines) is 1. The van der Waals surface area contributed by atoms with Gasteiger partial charge in [0.25, 0.3) is 0 Å². The highest BCUT2D eigenvalue weighted by Crippen LogP contribution is 2.23. The molecule has 2 aromatic carbocycles. The lowest BCUT2D eigenvalue weighted by Gasteiger charge is -2.26. The number of aromatic nitrogens is 3. The first-order valence-corrected chi connectivity index (χ1v) is 12.4. The third-order valence-electron chi connectivity index (χ3n) is 5.84. The summed E-state index contributed by atoms with van der Waals surface area (Å²) < 4.78 is 2.10.